The van der Waals surface area contributed by atoms with Crippen LogP contribution >= 0.6 is 12.6 Å². The van der Waals surface area contributed by atoms with Crippen LogP contribution in [0.15, 0.2) is 60.7 Å². The molecule has 0 aliphatic rings. The molecule has 0 saturated carbocycles. The number of fused-ring (bicyclic) bond motifs is 1. The van der Waals surface area contributed by atoms with E-state index in [1.165, 1.54) is 66.4 Å². The molecule has 0 bridgehead atoms. The van der Waals surface area contributed by atoms with Crippen molar-refractivity contribution in [3.63, 3.8) is 0 Å². The topological polar surface area (TPSA) is 0 Å². The van der Waals surface area contributed by atoms with Gasteiger partial charge in [0.15, 0.2) is 0 Å². The molecule has 0 amide bonds. The molecule has 0 atom stereocenters. The van der Waals surface area contributed by atoms with Crippen LogP contribution in [0.3, 0.4) is 0 Å². The normalized spacial score (nSPS) is 13.8. The molecule has 0 nitrogen and oxygen atoms in total. The van der Waals surface area contributed by atoms with Crippen molar-refractivity contribution in [2.75, 3.05) is 5.75 Å². The summed E-state index contributed by atoms with van der Waals surface area (Å²) in [4.78, 5) is 0. The summed E-state index contributed by atoms with van der Waals surface area (Å²) in [6.45, 7) is 39.7. The maximum Gasteiger partial charge on any atom is -0.000583 e. The Kier molecular flexibility index (Phi) is 9.62. The molecule has 0 aliphatic carbocycles. The van der Waals surface area contributed by atoms with Gasteiger partial charge in [-0.3, -0.25) is 0 Å². The van der Waals surface area contributed by atoms with Gasteiger partial charge < -0.3 is 0 Å². The average Bonchev–Trinajstić information content (AvgIpc) is 2.93. The first-order chi connectivity index (χ1) is 21.1. The Morgan fingerprint density at radius 3 is 0.872 bits per heavy atom. The second-order valence-electron chi connectivity index (χ2n) is 20.0. The predicted octanol–water partition coefficient (Wildman–Crippen LogP) is 13.9. The van der Waals surface area contributed by atoms with E-state index in [4.69, 9.17) is 12.6 Å². The van der Waals surface area contributed by atoms with Crippen molar-refractivity contribution in [1.82, 2.24) is 0 Å². The zero-order valence-corrected chi connectivity index (χ0v) is 33.8. The van der Waals surface area contributed by atoms with Crippen LogP contribution in [0.1, 0.15) is 151 Å². The molecule has 0 fully saturated rings. The summed E-state index contributed by atoms with van der Waals surface area (Å²) < 4.78 is 0. The molecule has 47 heavy (non-hydrogen) atoms. The van der Waals surface area contributed by atoms with E-state index in [-0.39, 0.29) is 32.5 Å². The van der Waals surface area contributed by atoms with Crippen LogP contribution in [0, 0.1) is 0 Å². The van der Waals surface area contributed by atoms with E-state index in [0.717, 1.165) is 5.75 Å². The SMILES string of the molecule is CC(C)(C)c1cc(-c2cc(C(C)(C)C)cc3c(-c4cc(C(C)(C)C)cc(C(C)(C)CS)c4)cc(C(C)(C)C)cc23)cc(C(C)(C)C)c1. The fourth-order valence-electron chi connectivity index (χ4n) is 6.15. The molecule has 0 unspecified atom stereocenters. The highest BCUT2D eigenvalue weighted by Gasteiger charge is 2.27. The second-order valence-corrected chi connectivity index (χ2v) is 20.3. The minimum atomic E-state index is -0.0466. The lowest BCUT2D eigenvalue weighted by Crippen LogP contribution is -2.21. The Balaban J connectivity index is 2.28. The monoisotopic (exact) mass is 648 g/mol. The van der Waals surface area contributed by atoms with Gasteiger partial charge >= 0.3 is 0 Å². The van der Waals surface area contributed by atoms with E-state index in [2.05, 4.69) is 178 Å². The highest BCUT2D eigenvalue weighted by atomic mass is 32.1. The second kappa shape index (κ2) is 12.1. The first-order valence-electron chi connectivity index (χ1n) is 17.7. The highest BCUT2D eigenvalue weighted by Crippen LogP contribution is 2.45. The summed E-state index contributed by atoms with van der Waals surface area (Å²) in [5.41, 5.74) is 13.5. The summed E-state index contributed by atoms with van der Waals surface area (Å²) in [6.07, 6.45) is 0. The van der Waals surface area contributed by atoms with Crippen molar-refractivity contribution in [2.45, 2.75) is 150 Å². The van der Waals surface area contributed by atoms with Crippen LogP contribution in [0.4, 0.5) is 0 Å². The zero-order valence-electron chi connectivity index (χ0n) is 32.9. The fourth-order valence-corrected chi connectivity index (χ4v) is 6.34. The molecule has 4 aromatic carbocycles. The third-order valence-corrected chi connectivity index (χ3v) is 10.9. The molecule has 1 heteroatoms. The summed E-state index contributed by atoms with van der Waals surface area (Å²) in [5, 5.41) is 2.67. The maximum atomic E-state index is 4.81. The third-order valence-electron chi connectivity index (χ3n) is 10.1. The lowest BCUT2D eigenvalue weighted by molar-refractivity contribution is 0.569. The number of hydrogen-bond donors (Lipinski definition) is 1. The predicted molar refractivity (Wildman–Crippen MR) is 215 cm³/mol. The largest absolute Gasteiger partial charge is 0.178 e. The van der Waals surface area contributed by atoms with Crippen LogP contribution in [-0.4, -0.2) is 5.75 Å². The quantitative estimate of drug-likeness (QED) is 0.209. The molecule has 0 saturated heterocycles. The molecule has 0 N–H and O–H groups in total. The van der Waals surface area contributed by atoms with Crippen molar-refractivity contribution in [3.8, 4) is 22.3 Å². The smallest absolute Gasteiger partial charge is 0.000583 e. The summed E-state index contributed by atoms with van der Waals surface area (Å²) in [5.74, 6) is 0.793. The fraction of sp³-hybridized carbons (Fsp3) is 0.522. The van der Waals surface area contributed by atoms with Crippen LogP contribution in [0.5, 0.6) is 0 Å². The van der Waals surface area contributed by atoms with Gasteiger partial charge in [0.25, 0.3) is 0 Å². The van der Waals surface area contributed by atoms with Gasteiger partial charge in [-0.05, 0) is 129 Å². The number of benzene rings is 4. The summed E-state index contributed by atoms with van der Waals surface area (Å²) in [7, 11) is 0. The minimum Gasteiger partial charge on any atom is -0.178 e. The molecule has 0 aliphatic heterocycles. The zero-order chi connectivity index (χ0) is 35.7. The Hall–Kier alpha value is -2.51. The number of hydrogen-bond acceptors (Lipinski definition) is 1. The molecular weight excluding hydrogens is 585 g/mol. The van der Waals surface area contributed by atoms with E-state index in [9.17, 15) is 0 Å². The van der Waals surface area contributed by atoms with Crippen molar-refractivity contribution >= 4 is 23.4 Å². The van der Waals surface area contributed by atoms with Crippen molar-refractivity contribution in [1.29, 1.82) is 0 Å². The van der Waals surface area contributed by atoms with Gasteiger partial charge in [-0.2, -0.15) is 12.6 Å². The molecule has 0 aromatic heterocycles. The minimum absolute atomic E-state index is 0.0101. The summed E-state index contributed by atoms with van der Waals surface area (Å²) in [6, 6.07) is 24.7. The van der Waals surface area contributed by atoms with Crippen LogP contribution < -0.4 is 0 Å². The Labute approximate surface area is 294 Å². The van der Waals surface area contributed by atoms with Gasteiger partial charge in [-0.1, -0.05) is 154 Å². The van der Waals surface area contributed by atoms with Crippen LogP contribution in [0.2, 0.25) is 0 Å². The van der Waals surface area contributed by atoms with Gasteiger partial charge in [-0.25, -0.2) is 0 Å². The van der Waals surface area contributed by atoms with E-state index < -0.39 is 0 Å². The molecule has 0 spiro atoms. The lowest BCUT2D eigenvalue weighted by Gasteiger charge is -2.30. The Morgan fingerprint density at radius 2 is 0.596 bits per heavy atom. The van der Waals surface area contributed by atoms with Crippen molar-refractivity contribution in [3.05, 3.63) is 94.0 Å². The number of thiol groups is 1. The Morgan fingerprint density at radius 1 is 0.340 bits per heavy atom. The molecule has 4 aromatic rings. The first kappa shape index (κ1) is 37.3. The third kappa shape index (κ3) is 8.04. The van der Waals surface area contributed by atoms with Crippen molar-refractivity contribution in [2.24, 2.45) is 0 Å². The average molecular weight is 649 g/mol. The highest BCUT2D eigenvalue weighted by molar-refractivity contribution is 7.80. The van der Waals surface area contributed by atoms with Gasteiger partial charge in [-0.15, -0.1) is 0 Å². The summed E-state index contributed by atoms with van der Waals surface area (Å²) >= 11 is 4.81. The van der Waals surface area contributed by atoms with E-state index >= 15 is 0 Å². The van der Waals surface area contributed by atoms with Crippen molar-refractivity contribution < 1.29 is 0 Å². The van der Waals surface area contributed by atoms with Gasteiger partial charge in [0.2, 0.25) is 0 Å². The van der Waals surface area contributed by atoms with E-state index in [1.807, 2.05) is 0 Å². The molecule has 4 rings (SSSR count). The molecule has 0 radical (unpaired) electrons. The molecule has 0 heterocycles. The number of rotatable bonds is 4. The standard InChI is InChI=1S/C46H64S/c1-41(2,3)31-18-29(19-32(22-31)42(4,5)6)37-24-34(44(10,11)12)27-40-38(25-35(26-39(37)40)45(13,14)15)30-20-33(43(7,8)9)23-36(21-30)46(16,17)28-47/h18-27,47H,28H2,1-17H3. The van der Waals surface area contributed by atoms with Gasteiger partial charge in [0.1, 0.15) is 0 Å². The lowest BCUT2D eigenvalue weighted by atomic mass is 9.75. The Bertz CT molecular complexity index is 1750. The molecular formula is C46H64S. The first-order valence-corrected chi connectivity index (χ1v) is 18.3. The van der Waals surface area contributed by atoms with E-state index in [1.54, 1.807) is 0 Å². The molecule has 254 valence electrons. The maximum absolute atomic E-state index is 4.81. The van der Waals surface area contributed by atoms with Crippen LogP contribution in [0.25, 0.3) is 33.0 Å². The van der Waals surface area contributed by atoms with Gasteiger partial charge in [0, 0.05) is 0 Å². The van der Waals surface area contributed by atoms with E-state index in [0.29, 0.717) is 0 Å². The van der Waals surface area contributed by atoms with Crippen LogP contribution in [-0.2, 0) is 32.5 Å². The van der Waals surface area contributed by atoms with Gasteiger partial charge in [0.05, 0.1) is 0 Å².